The Labute approximate surface area is 108 Å². The summed E-state index contributed by atoms with van der Waals surface area (Å²) in [6.07, 6.45) is 6.23. The van der Waals surface area contributed by atoms with Gasteiger partial charge in [-0.2, -0.15) is 0 Å². The first-order valence-corrected chi connectivity index (χ1v) is 6.89. The van der Waals surface area contributed by atoms with Crippen LogP contribution in [0.3, 0.4) is 0 Å². The molecule has 2 aliphatic rings. The van der Waals surface area contributed by atoms with Crippen molar-refractivity contribution < 1.29 is 4.79 Å². The molecule has 0 atom stereocenters. The van der Waals surface area contributed by atoms with Crippen molar-refractivity contribution in [1.82, 2.24) is 4.98 Å². The van der Waals surface area contributed by atoms with Crippen LogP contribution in [0, 0.1) is 25.7 Å². The van der Waals surface area contributed by atoms with Crippen LogP contribution < -0.4 is 5.32 Å². The summed E-state index contributed by atoms with van der Waals surface area (Å²) in [5, 5.41) is 3.55. The molecule has 18 heavy (non-hydrogen) atoms. The number of aldehydes is 1. The van der Waals surface area contributed by atoms with Gasteiger partial charge >= 0.3 is 0 Å². The largest absolute Gasteiger partial charge is 0.366 e. The normalized spacial score (nSPS) is 19.1. The first-order chi connectivity index (χ1) is 8.69. The number of nitrogens with one attached hydrogen (secondary N) is 1. The molecule has 1 aromatic rings. The molecule has 0 unspecified atom stereocenters. The molecular weight excluding hydrogens is 224 g/mol. The first-order valence-electron chi connectivity index (χ1n) is 6.89. The van der Waals surface area contributed by atoms with Crippen LogP contribution in [0.15, 0.2) is 6.07 Å². The number of nitrogens with zero attached hydrogens (tertiary/aromatic N) is 1. The SMILES string of the molecule is Cc1cc(C=O)c(NC(C2CC2)C2CC2)nc1C. The van der Waals surface area contributed by atoms with E-state index in [0.717, 1.165) is 35.2 Å². The van der Waals surface area contributed by atoms with Gasteiger partial charge in [-0.05, 0) is 63.0 Å². The molecule has 1 aromatic heterocycles. The summed E-state index contributed by atoms with van der Waals surface area (Å²) < 4.78 is 0. The lowest BCUT2D eigenvalue weighted by molar-refractivity contribution is 0.112. The number of pyridine rings is 1. The van der Waals surface area contributed by atoms with E-state index < -0.39 is 0 Å². The molecule has 2 saturated carbocycles. The van der Waals surface area contributed by atoms with Crippen molar-refractivity contribution in [2.24, 2.45) is 11.8 Å². The van der Waals surface area contributed by atoms with E-state index >= 15 is 0 Å². The Kier molecular flexibility index (Phi) is 2.84. The maximum absolute atomic E-state index is 11.2. The topological polar surface area (TPSA) is 42.0 Å². The van der Waals surface area contributed by atoms with E-state index in [1.165, 1.54) is 25.7 Å². The second-order valence-corrected chi connectivity index (χ2v) is 5.79. The lowest BCUT2D eigenvalue weighted by Gasteiger charge is -2.20. The smallest absolute Gasteiger partial charge is 0.153 e. The average Bonchev–Trinajstić information content (AvgIpc) is 3.22. The van der Waals surface area contributed by atoms with Gasteiger partial charge in [-0.25, -0.2) is 4.98 Å². The van der Waals surface area contributed by atoms with E-state index in [1.807, 2.05) is 19.9 Å². The minimum absolute atomic E-state index is 0.540. The number of anilines is 1. The van der Waals surface area contributed by atoms with Crippen molar-refractivity contribution in [3.63, 3.8) is 0 Å². The summed E-state index contributed by atoms with van der Waals surface area (Å²) in [5.41, 5.74) is 2.79. The van der Waals surface area contributed by atoms with Gasteiger partial charge in [0.15, 0.2) is 6.29 Å². The van der Waals surface area contributed by atoms with Crippen LogP contribution in [-0.2, 0) is 0 Å². The quantitative estimate of drug-likeness (QED) is 0.809. The summed E-state index contributed by atoms with van der Waals surface area (Å²) in [5.74, 6) is 2.40. The van der Waals surface area contributed by atoms with Crippen molar-refractivity contribution in [2.75, 3.05) is 5.32 Å². The highest BCUT2D eigenvalue weighted by molar-refractivity contribution is 5.83. The molecular formula is C15H20N2O. The van der Waals surface area contributed by atoms with E-state index in [1.54, 1.807) is 0 Å². The fraction of sp³-hybridized carbons (Fsp3) is 0.600. The summed E-state index contributed by atoms with van der Waals surface area (Å²) in [4.78, 5) is 15.7. The minimum atomic E-state index is 0.540. The molecule has 0 aliphatic heterocycles. The zero-order chi connectivity index (χ0) is 12.7. The number of carbonyl (C=O) groups is 1. The molecule has 0 bridgehead atoms. The lowest BCUT2D eigenvalue weighted by atomic mass is 10.1. The number of aryl methyl sites for hydroxylation is 2. The third-order valence-electron chi connectivity index (χ3n) is 4.19. The molecule has 0 amide bonds. The zero-order valence-electron chi connectivity index (χ0n) is 11.1. The molecule has 3 nitrogen and oxygen atoms in total. The summed E-state index contributed by atoms with van der Waals surface area (Å²) >= 11 is 0. The molecule has 0 spiro atoms. The van der Waals surface area contributed by atoms with Crippen molar-refractivity contribution in [3.05, 3.63) is 22.9 Å². The predicted molar refractivity (Wildman–Crippen MR) is 72.0 cm³/mol. The Bertz CT molecular complexity index is 464. The first kappa shape index (κ1) is 11.7. The van der Waals surface area contributed by atoms with Crippen molar-refractivity contribution in [1.29, 1.82) is 0 Å². The van der Waals surface area contributed by atoms with Gasteiger partial charge in [0.05, 0.1) is 5.56 Å². The van der Waals surface area contributed by atoms with E-state index in [4.69, 9.17) is 0 Å². The maximum Gasteiger partial charge on any atom is 0.153 e. The Hall–Kier alpha value is -1.38. The Morgan fingerprint density at radius 1 is 1.28 bits per heavy atom. The van der Waals surface area contributed by atoms with Crippen LogP contribution in [0.4, 0.5) is 5.82 Å². The number of hydrogen-bond donors (Lipinski definition) is 1. The summed E-state index contributed by atoms with van der Waals surface area (Å²) in [6, 6.07) is 2.48. The van der Waals surface area contributed by atoms with Gasteiger partial charge in [-0.15, -0.1) is 0 Å². The molecule has 3 rings (SSSR count). The van der Waals surface area contributed by atoms with Crippen LogP contribution in [0.1, 0.15) is 47.3 Å². The van der Waals surface area contributed by atoms with Gasteiger partial charge in [0.2, 0.25) is 0 Å². The molecule has 3 heteroatoms. The minimum Gasteiger partial charge on any atom is -0.366 e. The van der Waals surface area contributed by atoms with Crippen LogP contribution in [0.2, 0.25) is 0 Å². The number of hydrogen-bond acceptors (Lipinski definition) is 3. The van der Waals surface area contributed by atoms with Crippen molar-refractivity contribution in [2.45, 2.75) is 45.6 Å². The van der Waals surface area contributed by atoms with E-state index in [-0.39, 0.29) is 0 Å². The predicted octanol–water partition coefficient (Wildman–Crippen LogP) is 3.11. The van der Waals surface area contributed by atoms with Gasteiger partial charge in [0, 0.05) is 11.7 Å². The van der Waals surface area contributed by atoms with E-state index in [9.17, 15) is 4.79 Å². The highest BCUT2D eigenvalue weighted by Gasteiger charge is 2.41. The molecule has 0 saturated heterocycles. The molecule has 0 aromatic carbocycles. The molecule has 1 heterocycles. The van der Waals surface area contributed by atoms with Crippen molar-refractivity contribution in [3.8, 4) is 0 Å². The number of carbonyl (C=O) groups excluding carboxylic acids is 1. The maximum atomic E-state index is 11.2. The highest BCUT2D eigenvalue weighted by Crippen LogP contribution is 2.45. The van der Waals surface area contributed by atoms with Crippen LogP contribution >= 0.6 is 0 Å². The zero-order valence-corrected chi connectivity index (χ0v) is 11.1. The Morgan fingerprint density at radius 2 is 1.89 bits per heavy atom. The van der Waals surface area contributed by atoms with Gasteiger partial charge in [-0.3, -0.25) is 4.79 Å². The van der Waals surface area contributed by atoms with Gasteiger partial charge in [-0.1, -0.05) is 0 Å². The molecule has 2 fully saturated rings. The fourth-order valence-electron chi connectivity index (χ4n) is 2.62. The van der Waals surface area contributed by atoms with Crippen LogP contribution in [0.25, 0.3) is 0 Å². The average molecular weight is 244 g/mol. The highest BCUT2D eigenvalue weighted by atomic mass is 16.1. The second kappa shape index (κ2) is 4.38. The Balaban J connectivity index is 1.85. The number of rotatable bonds is 5. The molecule has 2 aliphatic carbocycles. The molecule has 96 valence electrons. The van der Waals surface area contributed by atoms with E-state index in [2.05, 4.69) is 10.3 Å². The van der Waals surface area contributed by atoms with E-state index in [0.29, 0.717) is 11.6 Å². The summed E-state index contributed by atoms with van der Waals surface area (Å²) in [6.45, 7) is 4.00. The standard InChI is InChI=1S/C15H20N2O/c1-9-7-13(8-18)15(16-10(9)2)17-14(11-3-4-11)12-5-6-12/h7-8,11-12,14H,3-6H2,1-2H3,(H,16,17). The molecule has 0 radical (unpaired) electrons. The van der Waals surface area contributed by atoms with Crippen molar-refractivity contribution >= 4 is 12.1 Å². The third kappa shape index (κ3) is 2.26. The summed E-state index contributed by atoms with van der Waals surface area (Å²) in [7, 11) is 0. The fourth-order valence-corrected chi connectivity index (χ4v) is 2.62. The van der Waals surface area contributed by atoms with Gasteiger partial charge in [0.25, 0.3) is 0 Å². The van der Waals surface area contributed by atoms with Gasteiger partial charge < -0.3 is 5.32 Å². The monoisotopic (exact) mass is 244 g/mol. The molecule has 1 N–H and O–H groups in total. The van der Waals surface area contributed by atoms with Crippen LogP contribution in [0.5, 0.6) is 0 Å². The second-order valence-electron chi connectivity index (χ2n) is 5.79. The van der Waals surface area contributed by atoms with Crippen LogP contribution in [-0.4, -0.2) is 17.3 Å². The third-order valence-corrected chi connectivity index (χ3v) is 4.19. The van der Waals surface area contributed by atoms with Gasteiger partial charge in [0.1, 0.15) is 5.82 Å². The Morgan fingerprint density at radius 3 is 2.39 bits per heavy atom. The lowest BCUT2D eigenvalue weighted by Crippen LogP contribution is -2.25. The number of aromatic nitrogens is 1.